The smallest absolute Gasteiger partial charge is 0.00374 e. The molecule has 4 N–H and O–H groups in total. The third kappa shape index (κ3) is 2.09. The molecule has 0 aliphatic heterocycles. The fraction of sp³-hybridized carbons (Fsp3) is 0.667. The molecule has 0 rings (SSSR count). The molecular weight excluding hydrogens is 100 g/mol. The molecule has 0 unspecified atom stereocenters. The zero-order valence-corrected chi connectivity index (χ0v) is 5.35. The highest BCUT2D eigenvalue weighted by Crippen LogP contribution is 2.01. The van der Waals surface area contributed by atoms with E-state index in [9.17, 15) is 0 Å². The average molecular weight is 114 g/mol. The Labute approximate surface area is 50.6 Å². The lowest BCUT2D eigenvalue weighted by Gasteiger charge is -2.09. The van der Waals surface area contributed by atoms with Crippen molar-refractivity contribution in [2.75, 3.05) is 13.1 Å². The Morgan fingerprint density at radius 2 is 1.88 bits per heavy atom. The van der Waals surface area contributed by atoms with Crippen LogP contribution in [0.1, 0.15) is 6.92 Å². The van der Waals surface area contributed by atoms with Gasteiger partial charge in [0.25, 0.3) is 0 Å². The Bertz CT molecular complexity index is 74.6. The molecule has 0 fully saturated rings. The molecule has 0 aromatic carbocycles. The van der Waals surface area contributed by atoms with Gasteiger partial charge in [-0.1, -0.05) is 12.2 Å². The predicted molar refractivity (Wildman–Crippen MR) is 36.4 cm³/mol. The fourth-order valence-corrected chi connectivity index (χ4v) is 0.499. The van der Waals surface area contributed by atoms with Crippen molar-refractivity contribution in [1.29, 1.82) is 0 Å². The maximum absolute atomic E-state index is 5.34. The summed E-state index contributed by atoms with van der Waals surface area (Å²) in [6.07, 6.45) is 0. The van der Waals surface area contributed by atoms with E-state index in [2.05, 4.69) is 6.58 Å². The van der Waals surface area contributed by atoms with Gasteiger partial charge in [-0.05, 0) is 6.92 Å². The van der Waals surface area contributed by atoms with Gasteiger partial charge in [-0.2, -0.15) is 0 Å². The molecule has 0 radical (unpaired) electrons. The van der Waals surface area contributed by atoms with E-state index in [4.69, 9.17) is 11.5 Å². The summed E-state index contributed by atoms with van der Waals surface area (Å²) in [6.45, 7) is 6.92. The van der Waals surface area contributed by atoms with Crippen molar-refractivity contribution in [3.8, 4) is 0 Å². The number of hydrogen-bond donors (Lipinski definition) is 2. The van der Waals surface area contributed by atoms with Gasteiger partial charge in [0.15, 0.2) is 0 Å². The zero-order valence-electron chi connectivity index (χ0n) is 5.35. The highest BCUT2D eigenvalue weighted by Gasteiger charge is 2.01. The molecule has 0 saturated carbocycles. The highest BCUT2D eigenvalue weighted by atomic mass is 14.6. The van der Waals surface area contributed by atoms with Crippen LogP contribution in [0.4, 0.5) is 0 Å². The monoisotopic (exact) mass is 114 g/mol. The second kappa shape index (κ2) is 3.64. The normalized spacial score (nSPS) is 10.0. The molecule has 8 heavy (non-hydrogen) atoms. The van der Waals surface area contributed by atoms with Crippen molar-refractivity contribution in [2.24, 2.45) is 17.4 Å². The minimum atomic E-state index is 0.315. The van der Waals surface area contributed by atoms with Crippen LogP contribution in [0.15, 0.2) is 12.2 Å². The molecule has 0 atom stereocenters. The van der Waals surface area contributed by atoms with E-state index in [1.54, 1.807) is 0 Å². The maximum Gasteiger partial charge on any atom is 0.00374 e. The minimum Gasteiger partial charge on any atom is -0.330 e. The van der Waals surface area contributed by atoms with E-state index < -0.39 is 0 Å². The van der Waals surface area contributed by atoms with Crippen LogP contribution >= 0.6 is 0 Å². The van der Waals surface area contributed by atoms with Crippen molar-refractivity contribution >= 4 is 0 Å². The van der Waals surface area contributed by atoms with Crippen molar-refractivity contribution in [2.45, 2.75) is 6.92 Å². The molecule has 0 heterocycles. The van der Waals surface area contributed by atoms with Crippen molar-refractivity contribution in [3.05, 3.63) is 12.2 Å². The fourth-order valence-electron chi connectivity index (χ4n) is 0.499. The summed E-state index contributed by atoms with van der Waals surface area (Å²) in [5, 5.41) is 0. The van der Waals surface area contributed by atoms with E-state index in [1.807, 2.05) is 6.92 Å². The van der Waals surface area contributed by atoms with Crippen LogP contribution in [0.25, 0.3) is 0 Å². The topological polar surface area (TPSA) is 52.0 Å². The third-order valence-electron chi connectivity index (χ3n) is 1.27. The Balaban J connectivity index is 3.52. The van der Waals surface area contributed by atoms with Crippen LogP contribution in [0.2, 0.25) is 0 Å². The standard InChI is InChI=1S/C6H14N2/c1-5(2)6(3-7)4-8/h6H,1,3-4,7-8H2,2H3. The lowest BCUT2D eigenvalue weighted by molar-refractivity contribution is 0.639. The summed E-state index contributed by atoms with van der Waals surface area (Å²) in [7, 11) is 0. The summed E-state index contributed by atoms with van der Waals surface area (Å²) in [5.74, 6) is 0.315. The van der Waals surface area contributed by atoms with E-state index in [0.29, 0.717) is 19.0 Å². The molecule has 2 nitrogen and oxygen atoms in total. The Morgan fingerprint density at radius 3 is 1.88 bits per heavy atom. The highest BCUT2D eigenvalue weighted by molar-refractivity contribution is 4.96. The van der Waals surface area contributed by atoms with E-state index in [0.717, 1.165) is 5.57 Å². The van der Waals surface area contributed by atoms with Gasteiger partial charge >= 0.3 is 0 Å². The van der Waals surface area contributed by atoms with E-state index in [1.165, 1.54) is 0 Å². The Kier molecular flexibility index (Phi) is 3.48. The van der Waals surface area contributed by atoms with Crippen LogP contribution in [-0.2, 0) is 0 Å². The molecule has 0 aromatic rings. The summed E-state index contributed by atoms with van der Waals surface area (Å²) in [4.78, 5) is 0. The number of hydrogen-bond acceptors (Lipinski definition) is 2. The van der Waals surface area contributed by atoms with Gasteiger partial charge in [-0.15, -0.1) is 0 Å². The number of rotatable bonds is 3. The van der Waals surface area contributed by atoms with Crippen LogP contribution < -0.4 is 11.5 Å². The van der Waals surface area contributed by atoms with E-state index in [-0.39, 0.29) is 0 Å². The summed E-state index contributed by atoms with van der Waals surface area (Å²) >= 11 is 0. The second-order valence-corrected chi connectivity index (χ2v) is 2.01. The Hall–Kier alpha value is -0.340. The second-order valence-electron chi connectivity index (χ2n) is 2.01. The first kappa shape index (κ1) is 7.66. The zero-order chi connectivity index (χ0) is 6.57. The predicted octanol–water partition coefficient (Wildman–Crippen LogP) is 0.0961. The maximum atomic E-state index is 5.34. The van der Waals surface area contributed by atoms with E-state index >= 15 is 0 Å². The molecule has 0 bridgehead atoms. The van der Waals surface area contributed by atoms with Gasteiger partial charge < -0.3 is 11.5 Å². The first-order valence-corrected chi connectivity index (χ1v) is 2.78. The molecule has 0 saturated heterocycles. The van der Waals surface area contributed by atoms with Crippen molar-refractivity contribution in [1.82, 2.24) is 0 Å². The lowest BCUT2D eigenvalue weighted by atomic mass is 10.0. The van der Waals surface area contributed by atoms with Gasteiger partial charge in [-0.25, -0.2) is 0 Å². The molecule has 0 aromatic heterocycles. The molecule has 2 heteroatoms. The molecule has 0 amide bonds. The molecular formula is C6H14N2. The summed E-state index contributed by atoms with van der Waals surface area (Å²) in [6, 6.07) is 0. The third-order valence-corrected chi connectivity index (χ3v) is 1.27. The molecule has 0 aliphatic rings. The summed E-state index contributed by atoms with van der Waals surface area (Å²) < 4.78 is 0. The molecule has 48 valence electrons. The van der Waals surface area contributed by atoms with Crippen LogP contribution in [0.5, 0.6) is 0 Å². The van der Waals surface area contributed by atoms with Gasteiger partial charge in [0, 0.05) is 19.0 Å². The molecule has 0 aliphatic carbocycles. The van der Waals surface area contributed by atoms with Crippen molar-refractivity contribution in [3.63, 3.8) is 0 Å². The van der Waals surface area contributed by atoms with Crippen molar-refractivity contribution < 1.29 is 0 Å². The van der Waals surface area contributed by atoms with Gasteiger partial charge in [0.2, 0.25) is 0 Å². The number of nitrogens with two attached hydrogens (primary N) is 2. The van der Waals surface area contributed by atoms with Crippen LogP contribution in [0, 0.1) is 5.92 Å². The van der Waals surface area contributed by atoms with Gasteiger partial charge in [0.1, 0.15) is 0 Å². The largest absolute Gasteiger partial charge is 0.330 e. The Morgan fingerprint density at radius 1 is 1.50 bits per heavy atom. The SMILES string of the molecule is C=C(C)C(CN)CN. The minimum absolute atomic E-state index is 0.315. The van der Waals surface area contributed by atoms with Gasteiger partial charge in [-0.3, -0.25) is 0 Å². The average Bonchev–Trinajstić information content (AvgIpc) is 1.69. The van der Waals surface area contributed by atoms with Crippen LogP contribution in [0.3, 0.4) is 0 Å². The lowest BCUT2D eigenvalue weighted by Crippen LogP contribution is -2.23. The van der Waals surface area contributed by atoms with Crippen LogP contribution in [-0.4, -0.2) is 13.1 Å². The first-order chi connectivity index (χ1) is 3.72. The first-order valence-electron chi connectivity index (χ1n) is 2.78. The molecule has 0 spiro atoms. The quantitative estimate of drug-likeness (QED) is 0.511. The van der Waals surface area contributed by atoms with Gasteiger partial charge in [0.05, 0.1) is 0 Å². The summed E-state index contributed by atoms with van der Waals surface area (Å²) in [5.41, 5.74) is 11.8.